The highest BCUT2D eigenvalue weighted by Crippen LogP contribution is 2.47. The van der Waals surface area contributed by atoms with Gasteiger partial charge in [0, 0.05) is 19.8 Å². The quantitative estimate of drug-likeness (QED) is 0.410. The lowest BCUT2D eigenvalue weighted by Crippen LogP contribution is -2.44. The highest BCUT2D eigenvalue weighted by Gasteiger charge is 2.43. The van der Waals surface area contributed by atoms with E-state index in [-0.39, 0.29) is 22.2 Å². The summed E-state index contributed by atoms with van der Waals surface area (Å²) in [6.07, 6.45) is 4.13. The maximum Gasteiger partial charge on any atom is 0.0631 e. The molecule has 0 fully saturated rings. The zero-order chi connectivity index (χ0) is 19.1. The van der Waals surface area contributed by atoms with Crippen LogP contribution in [0, 0.1) is 5.41 Å². The summed E-state index contributed by atoms with van der Waals surface area (Å²) in [7, 11) is 0. The van der Waals surface area contributed by atoms with E-state index >= 15 is 0 Å². The lowest BCUT2D eigenvalue weighted by atomic mass is 9.65. The molecule has 3 nitrogen and oxygen atoms in total. The summed E-state index contributed by atoms with van der Waals surface area (Å²) < 4.78 is 18.2. The molecule has 3 heteroatoms. The van der Waals surface area contributed by atoms with Crippen molar-refractivity contribution >= 4 is 0 Å². The largest absolute Gasteiger partial charge is 0.376 e. The van der Waals surface area contributed by atoms with Crippen LogP contribution in [0.1, 0.15) is 94.9 Å². The molecule has 146 valence electrons. The molecule has 0 aromatic rings. The van der Waals surface area contributed by atoms with Crippen LogP contribution in [0.25, 0.3) is 0 Å². The van der Waals surface area contributed by atoms with Crippen LogP contribution in [0.3, 0.4) is 0 Å². The first-order valence-corrected chi connectivity index (χ1v) is 9.78. The van der Waals surface area contributed by atoms with Crippen molar-refractivity contribution in [3.8, 4) is 0 Å². The van der Waals surface area contributed by atoms with Crippen LogP contribution in [0.5, 0.6) is 0 Å². The summed E-state index contributed by atoms with van der Waals surface area (Å²) in [6.45, 7) is 24.0. The lowest BCUT2D eigenvalue weighted by Gasteiger charge is -2.47. The van der Waals surface area contributed by atoms with Gasteiger partial charge >= 0.3 is 0 Å². The van der Waals surface area contributed by atoms with Gasteiger partial charge in [0.15, 0.2) is 0 Å². The standard InChI is InChI=1S/C21H44O3/c1-11-21(15-18(5,6)22-12-2,16-19(7,8)23-13-3)17-20(9,10)24-14-4/h11-17H2,1-10H3. The van der Waals surface area contributed by atoms with Crippen LogP contribution in [0.15, 0.2) is 0 Å². The van der Waals surface area contributed by atoms with E-state index in [1.54, 1.807) is 0 Å². The van der Waals surface area contributed by atoms with Crippen molar-refractivity contribution in [2.24, 2.45) is 5.41 Å². The van der Waals surface area contributed by atoms with Gasteiger partial charge in [-0.1, -0.05) is 13.3 Å². The van der Waals surface area contributed by atoms with Gasteiger partial charge in [0.05, 0.1) is 16.8 Å². The van der Waals surface area contributed by atoms with E-state index in [4.69, 9.17) is 14.2 Å². The van der Waals surface area contributed by atoms with Crippen LogP contribution in [0.2, 0.25) is 0 Å². The van der Waals surface area contributed by atoms with Gasteiger partial charge < -0.3 is 14.2 Å². The van der Waals surface area contributed by atoms with Crippen LogP contribution < -0.4 is 0 Å². The first-order chi connectivity index (χ1) is 10.9. The van der Waals surface area contributed by atoms with Crippen molar-refractivity contribution in [3.05, 3.63) is 0 Å². The molecule has 24 heavy (non-hydrogen) atoms. The number of rotatable bonds is 13. The van der Waals surface area contributed by atoms with Gasteiger partial charge in [-0.05, 0) is 87.0 Å². The molecule has 0 spiro atoms. The number of ether oxygens (including phenoxy) is 3. The summed E-state index contributed by atoms with van der Waals surface area (Å²) in [5, 5.41) is 0. The summed E-state index contributed by atoms with van der Waals surface area (Å²) >= 11 is 0. The Hall–Kier alpha value is -0.120. The predicted molar refractivity (Wildman–Crippen MR) is 104 cm³/mol. The third kappa shape index (κ3) is 8.82. The van der Waals surface area contributed by atoms with Gasteiger partial charge in [-0.25, -0.2) is 0 Å². The van der Waals surface area contributed by atoms with Crippen LogP contribution in [0.4, 0.5) is 0 Å². The monoisotopic (exact) mass is 344 g/mol. The van der Waals surface area contributed by atoms with Crippen molar-refractivity contribution in [3.63, 3.8) is 0 Å². The van der Waals surface area contributed by atoms with Gasteiger partial charge in [-0.15, -0.1) is 0 Å². The first-order valence-electron chi connectivity index (χ1n) is 9.78. The third-order valence-corrected chi connectivity index (χ3v) is 4.76. The zero-order valence-corrected chi connectivity index (χ0v) is 18.2. The highest BCUT2D eigenvalue weighted by atomic mass is 16.5. The Morgan fingerprint density at radius 1 is 0.500 bits per heavy atom. The van der Waals surface area contributed by atoms with Gasteiger partial charge in [0.25, 0.3) is 0 Å². The van der Waals surface area contributed by atoms with Gasteiger partial charge in [-0.2, -0.15) is 0 Å². The molecule has 0 bridgehead atoms. The molecule has 0 aromatic heterocycles. The fourth-order valence-electron chi connectivity index (χ4n) is 4.60. The van der Waals surface area contributed by atoms with E-state index in [1.165, 1.54) is 0 Å². The van der Waals surface area contributed by atoms with E-state index in [9.17, 15) is 0 Å². The van der Waals surface area contributed by atoms with Crippen LogP contribution in [-0.4, -0.2) is 36.6 Å². The molecule has 0 amide bonds. The lowest BCUT2D eigenvalue weighted by molar-refractivity contribution is -0.115. The Kier molecular flexibility index (Phi) is 9.49. The maximum absolute atomic E-state index is 6.05. The molecule has 0 saturated heterocycles. The average molecular weight is 345 g/mol. The minimum Gasteiger partial charge on any atom is -0.376 e. The van der Waals surface area contributed by atoms with Crippen molar-refractivity contribution in [1.29, 1.82) is 0 Å². The Balaban J connectivity index is 5.58. The van der Waals surface area contributed by atoms with Crippen LogP contribution >= 0.6 is 0 Å². The van der Waals surface area contributed by atoms with E-state index in [1.807, 2.05) is 0 Å². The molecule has 0 atom stereocenters. The minimum atomic E-state index is -0.144. The first kappa shape index (κ1) is 23.9. The summed E-state index contributed by atoms with van der Waals surface area (Å²) in [4.78, 5) is 0. The average Bonchev–Trinajstić information content (AvgIpc) is 2.35. The Morgan fingerprint density at radius 3 is 0.917 bits per heavy atom. The summed E-state index contributed by atoms with van der Waals surface area (Å²) in [5.41, 5.74) is -0.309. The molecular formula is C21H44O3. The maximum atomic E-state index is 6.05. The molecular weight excluding hydrogens is 300 g/mol. The molecule has 0 heterocycles. The van der Waals surface area contributed by atoms with E-state index in [2.05, 4.69) is 69.2 Å². The number of hydrogen-bond donors (Lipinski definition) is 0. The molecule has 0 radical (unpaired) electrons. The SMILES string of the molecule is CCOC(C)(C)CC(CC)(CC(C)(C)OCC)CC(C)(C)OCC. The molecule has 0 aliphatic rings. The summed E-state index contributed by atoms with van der Waals surface area (Å²) in [6, 6.07) is 0. The van der Waals surface area contributed by atoms with Crippen molar-refractivity contribution in [2.45, 2.75) is 112 Å². The second kappa shape index (κ2) is 9.54. The van der Waals surface area contributed by atoms with Crippen LogP contribution in [-0.2, 0) is 14.2 Å². The molecule has 0 aromatic carbocycles. The molecule has 0 N–H and O–H groups in total. The van der Waals surface area contributed by atoms with Gasteiger partial charge in [0.2, 0.25) is 0 Å². The predicted octanol–water partition coefficient (Wildman–Crippen LogP) is 6.00. The third-order valence-electron chi connectivity index (χ3n) is 4.76. The molecule has 0 saturated carbocycles. The Morgan fingerprint density at radius 2 is 0.750 bits per heavy atom. The summed E-state index contributed by atoms with van der Waals surface area (Å²) in [5.74, 6) is 0. The zero-order valence-electron chi connectivity index (χ0n) is 18.2. The topological polar surface area (TPSA) is 27.7 Å². The molecule has 0 aliphatic heterocycles. The van der Waals surface area contributed by atoms with Gasteiger partial charge in [-0.3, -0.25) is 0 Å². The van der Waals surface area contributed by atoms with E-state index in [0.29, 0.717) is 0 Å². The van der Waals surface area contributed by atoms with Crippen molar-refractivity contribution < 1.29 is 14.2 Å². The fraction of sp³-hybridized carbons (Fsp3) is 1.00. The minimum absolute atomic E-state index is 0.121. The van der Waals surface area contributed by atoms with E-state index < -0.39 is 0 Å². The molecule has 0 unspecified atom stereocenters. The second-order valence-electron chi connectivity index (χ2n) is 8.96. The highest BCUT2D eigenvalue weighted by molar-refractivity contribution is 4.94. The molecule has 0 rings (SSSR count). The second-order valence-corrected chi connectivity index (χ2v) is 8.96. The Labute approximate surface area is 151 Å². The molecule has 0 aliphatic carbocycles. The fourth-order valence-corrected chi connectivity index (χ4v) is 4.60. The van der Waals surface area contributed by atoms with Crippen molar-refractivity contribution in [2.75, 3.05) is 19.8 Å². The van der Waals surface area contributed by atoms with Crippen molar-refractivity contribution in [1.82, 2.24) is 0 Å². The smallest absolute Gasteiger partial charge is 0.0631 e. The number of hydrogen-bond acceptors (Lipinski definition) is 3. The van der Waals surface area contributed by atoms with Gasteiger partial charge in [0.1, 0.15) is 0 Å². The Bertz CT molecular complexity index is 295. The van der Waals surface area contributed by atoms with E-state index in [0.717, 1.165) is 45.5 Å². The normalized spacial score (nSPS) is 14.2.